The van der Waals surface area contributed by atoms with E-state index in [-0.39, 0.29) is 52.2 Å². The molecule has 3 atom stereocenters. The number of hydrogen-bond acceptors (Lipinski definition) is 9. The number of nitrogens with zero attached hydrogens (tertiary/aromatic N) is 6. The highest BCUT2D eigenvalue weighted by atomic mass is 19.2. The minimum atomic E-state index is -1.55. The number of nitrogens with one attached hydrogen (secondary N) is 3. The van der Waals surface area contributed by atoms with E-state index in [1.54, 1.807) is 14.7 Å². The number of carbonyl (C=O) groups excluding carboxylic acids is 3. The third kappa shape index (κ3) is 18.9. The maximum absolute atomic E-state index is 13.4. The Kier molecular flexibility index (Phi) is 26.1. The van der Waals surface area contributed by atoms with Crippen LogP contribution < -0.4 is 0 Å². The molecule has 114 heavy (non-hydrogen) atoms. The number of likely N-dealkylation sites (tertiary alicyclic amines) is 6. The van der Waals surface area contributed by atoms with Crippen molar-refractivity contribution in [1.29, 1.82) is 0 Å². The number of piperidine rings is 6. The molecule has 0 spiro atoms. The van der Waals surface area contributed by atoms with E-state index in [0.717, 1.165) is 91.5 Å². The summed E-state index contributed by atoms with van der Waals surface area (Å²) in [5.41, 5.74) is 7.35. The summed E-state index contributed by atoms with van der Waals surface area (Å²) in [7, 11) is 0. The second-order valence-electron chi connectivity index (χ2n) is 30.5. The highest BCUT2D eigenvalue weighted by Gasteiger charge is 2.42. The van der Waals surface area contributed by atoms with Crippen LogP contribution in [-0.2, 0) is 28.8 Å². The molecule has 3 aromatic heterocycles. The maximum Gasteiger partial charge on any atom is 0.321 e. The molecule has 3 amide bonds. The highest BCUT2D eigenvalue weighted by Crippen LogP contribution is 2.40. The summed E-state index contributed by atoms with van der Waals surface area (Å²) in [6.45, 7) is 6.60. The molecular formula is C87H90F9N9O9. The first-order valence-electron chi connectivity index (χ1n) is 38.9. The Labute approximate surface area is 652 Å². The molecular weight excluding hydrogens is 1490 g/mol. The van der Waals surface area contributed by atoms with Gasteiger partial charge < -0.3 is 45.0 Å². The number of hydrogen-bond donors (Lipinski definition) is 6. The number of H-pyrrole nitrogens is 3. The minimum Gasteiger partial charge on any atom is -0.480 e. The van der Waals surface area contributed by atoms with Gasteiger partial charge in [-0.25, -0.2) is 39.5 Å². The van der Waals surface area contributed by atoms with Gasteiger partial charge in [-0.2, -0.15) is 0 Å². The van der Waals surface area contributed by atoms with Gasteiger partial charge in [0.1, 0.15) is 18.1 Å². The molecule has 9 heterocycles. The van der Waals surface area contributed by atoms with Gasteiger partial charge in [-0.3, -0.25) is 43.5 Å². The Morgan fingerprint density at radius 1 is 0.325 bits per heavy atom. The average molecular weight is 1580 g/mol. The molecule has 6 fully saturated rings. The maximum atomic E-state index is 13.4. The summed E-state index contributed by atoms with van der Waals surface area (Å²) in [6.07, 6.45) is 22.2. The number of amides is 3. The van der Waals surface area contributed by atoms with Crippen LogP contribution >= 0.6 is 0 Å². The van der Waals surface area contributed by atoms with Crippen LogP contribution in [0.3, 0.4) is 0 Å². The summed E-state index contributed by atoms with van der Waals surface area (Å²) in [5.74, 6) is -15.1. The second-order valence-corrected chi connectivity index (χ2v) is 30.5. The fraction of sp³-hybridized carbons (Fsp3) is 0.379. The van der Waals surface area contributed by atoms with Gasteiger partial charge in [0.2, 0.25) is 17.7 Å². The van der Waals surface area contributed by atoms with Crippen molar-refractivity contribution in [2.45, 2.75) is 113 Å². The molecule has 15 rings (SSSR count). The third-order valence-corrected chi connectivity index (χ3v) is 23.9. The quantitative estimate of drug-likeness (QED) is 0.0268. The van der Waals surface area contributed by atoms with Gasteiger partial charge in [0.25, 0.3) is 0 Å². The lowest BCUT2D eigenvalue weighted by molar-refractivity contribution is -0.148. The van der Waals surface area contributed by atoms with E-state index in [4.69, 9.17) is 0 Å². The van der Waals surface area contributed by atoms with Gasteiger partial charge >= 0.3 is 17.9 Å². The number of fused-ring (bicyclic) bond motifs is 3. The van der Waals surface area contributed by atoms with E-state index >= 15 is 0 Å². The molecule has 6 saturated heterocycles. The number of aromatic amines is 3. The summed E-state index contributed by atoms with van der Waals surface area (Å²) < 4.78 is 120. The summed E-state index contributed by atoms with van der Waals surface area (Å²) in [6, 6.07) is 27.8. The van der Waals surface area contributed by atoms with E-state index in [2.05, 4.69) is 84.6 Å². The van der Waals surface area contributed by atoms with E-state index in [0.29, 0.717) is 135 Å². The Hall–Kier alpha value is -10.8. The number of para-hydroxylation sites is 3. The van der Waals surface area contributed by atoms with E-state index in [1.807, 2.05) is 36.4 Å². The standard InChI is InChI=1S/3C29H30F3N3O3/c3*30-23-15-18(16-24(31)27(23)32)5-6-26(36)34-11-9-20(10-12-34)28(29(37)38)35-13-7-19(8-14-35)22-17-33-25-4-2-1-3-21(22)25/h3*1-6,15-17,19-20,28,33H,7-14H2,(H,37,38)/b3*6-5+/t2*28-;/m10./s1. The van der Waals surface area contributed by atoms with Gasteiger partial charge in [0.05, 0.1) is 0 Å². The predicted octanol–water partition coefficient (Wildman–Crippen LogP) is 15.5. The number of benzene rings is 6. The third-order valence-electron chi connectivity index (χ3n) is 23.9. The van der Waals surface area contributed by atoms with Crippen LogP contribution in [-0.4, -0.2) is 192 Å². The van der Waals surface area contributed by atoms with E-state index in [1.165, 1.54) is 69.3 Å². The molecule has 0 bridgehead atoms. The lowest BCUT2D eigenvalue weighted by Crippen LogP contribution is -2.52. The molecule has 18 nitrogen and oxygen atoms in total. The molecule has 6 N–H and O–H groups in total. The van der Waals surface area contributed by atoms with Crippen LogP contribution in [0.2, 0.25) is 0 Å². The zero-order chi connectivity index (χ0) is 80.4. The van der Waals surface area contributed by atoms with Gasteiger partial charge in [0, 0.05) is 109 Å². The minimum absolute atomic E-state index is 0.0478. The fourth-order valence-electron chi connectivity index (χ4n) is 17.9. The Morgan fingerprint density at radius 3 is 0.763 bits per heavy atom. The van der Waals surface area contributed by atoms with Gasteiger partial charge in [-0.15, -0.1) is 0 Å². The lowest BCUT2D eigenvalue weighted by atomic mass is 9.84. The normalized spacial score (nSPS) is 18.9. The molecule has 0 saturated carbocycles. The van der Waals surface area contributed by atoms with Gasteiger partial charge in [0.15, 0.2) is 52.4 Å². The Morgan fingerprint density at radius 2 is 0.544 bits per heavy atom. The topological polar surface area (TPSA) is 230 Å². The number of carboxylic acids is 3. The number of carbonyl (C=O) groups is 6. The molecule has 0 radical (unpaired) electrons. The summed E-state index contributed by atoms with van der Waals surface area (Å²) in [5, 5.41) is 33.9. The SMILES string of the molecule is O=C(O)C(C1CCN(C(=O)/C=C/c2cc(F)c(F)c(F)c2)CC1)N1CCC(c2c[nH]c3ccccc23)CC1.O=C(O)[C@@H](C1CCN(C(=O)/C=C/c2cc(F)c(F)c(F)c2)CC1)N1CCC(c2c[nH]c3ccccc23)CC1.O=C(O)[C@H](C1CCN(C(=O)/C=C/c2cc(F)c(F)c(F)c2)CC1)N1CCC(c2c[nH]c3ccccc23)CC1. The van der Waals surface area contributed by atoms with Crippen LogP contribution in [0.15, 0.2) is 146 Å². The molecule has 27 heteroatoms. The first kappa shape index (κ1) is 81.3. The second kappa shape index (κ2) is 36.6. The zero-order valence-electron chi connectivity index (χ0n) is 62.6. The number of aliphatic carboxylic acids is 3. The smallest absolute Gasteiger partial charge is 0.321 e. The van der Waals surface area contributed by atoms with Crippen molar-refractivity contribution in [2.75, 3.05) is 78.5 Å². The Balaban J connectivity index is 0.000000149. The monoisotopic (exact) mass is 1580 g/mol. The largest absolute Gasteiger partial charge is 0.480 e. The van der Waals surface area contributed by atoms with Crippen LogP contribution in [0.5, 0.6) is 0 Å². The average Bonchev–Trinajstić information content (AvgIpc) is 1.73. The van der Waals surface area contributed by atoms with Crippen molar-refractivity contribution in [3.63, 3.8) is 0 Å². The first-order valence-corrected chi connectivity index (χ1v) is 38.9. The van der Waals surface area contributed by atoms with Crippen molar-refractivity contribution < 1.29 is 83.6 Å². The van der Waals surface area contributed by atoms with Crippen molar-refractivity contribution >= 4 is 86.6 Å². The predicted molar refractivity (Wildman–Crippen MR) is 414 cm³/mol. The van der Waals surface area contributed by atoms with E-state index in [9.17, 15) is 83.6 Å². The molecule has 0 aliphatic carbocycles. The lowest BCUT2D eigenvalue weighted by Gasteiger charge is -2.41. The first-order chi connectivity index (χ1) is 54.9. The van der Waals surface area contributed by atoms with Crippen LogP contribution in [0.4, 0.5) is 39.5 Å². The van der Waals surface area contributed by atoms with Crippen molar-refractivity contribution in [2.24, 2.45) is 17.8 Å². The van der Waals surface area contributed by atoms with Crippen LogP contribution in [0, 0.1) is 70.1 Å². The highest BCUT2D eigenvalue weighted by molar-refractivity contribution is 5.94. The summed E-state index contributed by atoms with van der Waals surface area (Å²) in [4.78, 5) is 95.8. The number of halogens is 9. The molecule has 9 aromatic rings. The number of rotatable bonds is 18. The van der Waals surface area contributed by atoms with E-state index < -0.39 is 88.4 Å². The summed E-state index contributed by atoms with van der Waals surface area (Å²) >= 11 is 0. The fourth-order valence-corrected chi connectivity index (χ4v) is 17.9. The molecule has 6 aromatic carbocycles. The van der Waals surface area contributed by atoms with Crippen LogP contribution in [0.1, 0.15) is 128 Å². The van der Waals surface area contributed by atoms with Crippen molar-refractivity contribution in [3.05, 3.63) is 232 Å². The van der Waals surface area contributed by atoms with Gasteiger partial charge in [-0.05, 0) is 258 Å². The zero-order valence-corrected chi connectivity index (χ0v) is 62.6. The molecule has 6 aliphatic heterocycles. The Bertz CT molecular complexity index is 4490. The molecule has 6 aliphatic rings. The number of carboxylic acid groups (broad SMARTS) is 3. The van der Waals surface area contributed by atoms with Crippen LogP contribution in [0.25, 0.3) is 50.9 Å². The number of aromatic nitrogens is 3. The molecule has 600 valence electrons. The van der Waals surface area contributed by atoms with Gasteiger partial charge in [-0.1, -0.05) is 54.6 Å². The van der Waals surface area contributed by atoms with Crippen molar-refractivity contribution in [3.8, 4) is 0 Å². The molecule has 1 unspecified atom stereocenters. The van der Waals surface area contributed by atoms with Crippen molar-refractivity contribution in [1.82, 2.24) is 44.4 Å².